The second kappa shape index (κ2) is 5.74. The highest BCUT2D eigenvalue weighted by molar-refractivity contribution is 5.90. The number of esters is 1. The third-order valence-corrected chi connectivity index (χ3v) is 3.66. The van der Waals surface area contributed by atoms with Crippen LogP contribution in [0.4, 0.5) is 0 Å². The van der Waals surface area contributed by atoms with E-state index in [1.54, 1.807) is 4.68 Å². The number of nitrogens with one attached hydrogen (secondary N) is 1. The smallest absolute Gasteiger partial charge is 0.356 e. The van der Waals surface area contributed by atoms with Gasteiger partial charge >= 0.3 is 5.97 Å². The molecule has 1 N–H and O–H groups in total. The van der Waals surface area contributed by atoms with Gasteiger partial charge in [0.2, 0.25) is 0 Å². The van der Waals surface area contributed by atoms with Crippen LogP contribution in [0.25, 0.3) is 0 Å². The summed E-state index contributed by atoms with van der Waals surface area (Å²) in [6, 6.07) is 0.828. The van der Waals surface area contributed by atoms with E-state index in [0.717, 1.165) is 24.1 Å². The Bertz CT molecular complexity index is 468. The van der Waals surface area contributed by atoms with Crippen molar-refractivity contribution < 1.29 is 9.53 Å². The molecule has 5 nitrogen and oxygen atoms in total. The van der Waals surface area contributed by atoms with Gasteiger partial charge in [-0.25, -0.2) is 4.79 Å². The van der Waals surface area contributed by atoms with Crippen molar-refractivity contribution in [2.45, 2.75) is 52.1 Å². The standard InChI is InChI=1S/C12H17N3O2.C2H6/c1-3-17-12(16)11-10-8-5-4-7(13-8)6-9(10)14-15(11)2;1-2/h7-8,13H,3-6H2,1-2H3;1-2H3. The topological polar surface area (TPSA) is 56.1 Å². The van der Waals surface area contributed by atoms with Crippen molar-refractivity contribution in [1.29, 1.82) is 0 Å². The van der Waals surface area contributed by atoms with Crippen LogP contribution in [-0.2, 0) is 18.2 Å². The molecule has 0 aliphatic carbocycles. The van der Waals surface area contributed by atoms with E-state index in [1.165, 1.54) is 6.42 Å². The molecule has 106 valence electrons. The average Bonchev–Trinajstić information content (AvgIpc) is 2.94. The monoisotopic (exact) mass is 265 g/mol. The first-order chi connectivity index (χ1) is 9.20. The molecule has 1 saturated heterocycles. The molecule has 1 aromatic rings. The first kappa shape index (κ1) is 14.1. The predicted octanol–water partition coefficient (Wildman–Crippen LogP) is 1.97. The fraction of sp³-hybridized carbons (Fsp3) is 0.714. The summed E-state index contributed by atoms with van der Waals surface area (Å²) in [5.74, 6) is -0.254. The zero-order valence-corrected chi connectivity index (χ0v) is 12.2. The SMILES string of the molecule is CC.CCOC(=O)c1c2c(nn1C)CC1CCC2N1. The van der Waals surface area contributed by atoms with Gasteiger partial charge in [-0.3, -0.25) is 4.68 Å². The molecule has 2 aliphatic heterocycles. The number of ether oxygens (including phenoxy) is 1. The molecule has 3 rings (SSSR count). The molecular formula is C14H23N3O2. The first-order valence-corrected chi connectivity index (χ1v) is 7.19. The maximum atomic E-state index is 12.0. The van der Waals surface area contributed by atoms with Gasteiger partial charge in [-0.05, 0) is 19.8 Å². The normalized spacial score (nSPS) is 23.4. The molecular weight excluding hydrogens is 242 g/mol. The van der Waals surface area contributed by atoms with E-state index in [4.69, 9.17) is 4.74 Å². The van der Waals surface area contributed by atoms with Gasteiger partial charge in [-0.2, -0.15) is 5.10 Å². The second-order valence-electron chi connectivity index (χ2n) is 4.75. The Morgan fingerprint density at radius 3 is 2.89 bits per heavy atom. The molecule has 0 saturated carbocycles. The van der Waals surface area contributed by atoms with E-state index in [2.05, 4.69) is 10.4 Å². The molecule has 0 aromatic carbocycles. The van der Waals surface area contributed by atoms with Gasteiger partial charge in [-0.15, -0.1) is 0 Å². The third kappa shape index (κ3) is 2.39. The average molecular weight is 265 g/mol. The van der Waals surface area contributed by atoms with Crippen LogP contribution in [-0.4, -0.2) is 28.4 Å². The van der Waals surface area contributed by atoms with E-state index < -0.39 is 0 Å². The van der Waals surface area contributed by atoms with E-state index in [-0.39, 0.29) is 12.0 Å². The van der Waals surface area contributed by atoms with Crippen molar-refractivity contribution in [3.8, 4) is 0 Å². The van der Waals surface area contributed by atoms with E-state index in [1.807, 2.05) is 27.8 Å². The Balaban J connectivity index is 0.000000637. The summed E-state index contributed by atoms with van der Waals surface area (Å²) in [5.41, 5.74) is 2.77. The fourth-order valence-corrected chi connectivity index (χ4v) is 3.00. The Morgan fingerprint density at radius 2 is 2.21 bits per heavy atom. The number of carbonyl (C=O) groups excluding carboxylic acids is 1. The highest BCUT2D eigenvalue weighted by Crippen LogP contribution is 2.37. The highest BCUT2D eigenvalue weighted by atomic mass is 16.5. The number of hydrogen-bond acceptors (Lipinski definition) is 4. The summed E-state index contributed by atoms with van der Waals surface area (Å²) in [7, 11) is 1.82. The van der Waals surface area contributed by atoms with Crippen LogP contribution < -0.4 is 5.32 Å². The highest BCUT2D eigenvalue weighted by Gasteiger charge is 2.38. The zero-order chi connectivity index (χ0) is 14.0. The van der Waals surface area contributed by atoms with Gasteiger partial charge in [0.1, 0.15) is 0 Å². The minimum absolute atomic E-state index is 0.254. The third-order valence-electron chi connectivity index (χ3n) is 3.66. The Kier molecular flexibility index (Phi) is 4.24. The number of nitrogens with zero attached hydrogens (tertiary/aromatic N) is 2. The van der Waals surface area contributed by atoms with Crippen molar-refractivity contribution in [1.82, 2.24) is 15.1 Å². The largest absolute Gasteiger partial charge is 0.461 e. The molecule has 19 heavy (non-hydrogen) atoms. The van der Waals surface area contributed by atoms with Crippen LogP contribution >= 0.6 is 0 Å². The van der Waals surface area contributed by atoms with Gasteiger partial charge in [0.05, 0.1) is 12.3 Å². The molecule has 0 amide bonds. The van der Waals surface area contributed by atoms with Gasteiger partial charge in [0, 0.05) is 31.1 Å². The number of aryl methyl sites for hydroxylation is 1. The minimum atomic E-state index is -0.254. The second-order valence-corrected chi connectivity index (χ2v) is 4.75. The summed E-state index contributed by atoms with van der Waals surface area (Å²) in [5, 5.41) is 8.01. The summed E-state index contributed by atoms with van der Waals surface area (Å²) in [6.07, 6.45) is 3.20. The fourth-order valence-electron chi connectivity index (χ4n) is 3.00. The van der Waals surface area contributed by atoms with Crippen molar-refractivity contribution >= 4 is 5.97 Å². The molecule has 2 atom stereocenters. The number of rotatable bonds is 2. The van der Waals surface area contributed by atoms with E-state index in [9.17, 15) is 4.79 Å². The lowest BCUT2D eigenvalue weighted by Crippen LogP contribution is -2.32. The molecule has 3 heterocycles. The molecule has 1 fully saturated rings. The molecule has 5 heteroatoms. The molecule has 2 unspecified atom stereocenters. The number of hydrogen-bond donors (Lipinski definition) is 1. The van der Waals surface area contributed by atoms with Crippen LogP contribution in [0.15, 0.2) is 0 Å². The molecule has 0 radical (unpaired) electrons. The van der Waals surface area contributed by atoms with Gasteiger partial charge in [0.15, 0.2) is 5.69 Å². The van der Waals surface area contributed by atoms with Crippen molar-refractivity contribution in [2.75, 3.05) is 6.61 Å². The summed E-state index contributed by atoms with van der Waals surface area (Å²) in [6.45, 7) is 6.23. The maximum Gasteiger partial charge on any atom is 0.356 e. The zero-order valence-electron chi connectivity index (χ0n) is 12.2. The van der Waals surface area contributed by atoms with Crippen LogP contribution in [0.1, 0.15) is 61.4 Å². The van der Waals surface area contributed by atoms with Crippen LogP contribution in [0, 0.1) is 0 Å². The lowest BCUT2D eigenvalue weighted by Gasteiger charge is -2.21. The Labute approximate surface area is 114 Å². The summed E-state index contributed by atoms with van der Waals surface area (Å²) >= 11 is 0. The van der Waals surface area contributed by atoms with Crippen LogP contribution in [0.5, 0.6) is 0 Å². The van der Waals surface area contributed by atoms with Crippen molar-refractivity contribution in [3.05, 3.63) is 17.0 Å². The quantitative estimate of drug-likeness (QED) is 0.831. The first-order valence-electron chi connectivity index (χ1n) is 7.19. The minimum Gasteiger partial charge on any atom is -0.461 e. The number of fused-ring (bicyclic) bond motifs is 4. The molecule has 0 spiro atoms. The number of aromatic nitrogens is 2. The Hall–Kier alpha value is -1.36. The lowest BCUT2D eigenvalue weighted by molar-refractivity contribution is 0.0511. The number of carbonyl (C=O) groups is 1. The van der Waals surface area contributed by atoms with Gasteiger partial charge < -0.3 is 10.1 Å². The Morgan fingerprint density at radius 1 is 1.47 bits per heavy atom. The van der Waals surface area contributed by atoms with Crippen molar-refractivity contribution in [3.63, 3.8) is 0 Å². The molecule has 1 aromatic heterocycles. The van der Waals surface area contributed by atoms with Gasteiger partial charge in [0.25, 0.3) is 0 Å². The molecule has 2 aliphatic rings. The lowest BCUT2D eigenvalue weighted by atomic mass is 10.00. The van der Waals surface area contributed by atoms with Gasteiger partial charge in [-0.1, -0.05) is 13.8 Å². The summed E-state index contributed by atoms with van der Waals surface area (Å²) in [4.78, 5) is 12.0. The van der Waals surface area contributed by atoms with Crippen LogP contribution in [0.2, 0.25) is 0 Å². The van der Waals surface area contributed by atoms with E-state index in [0.29, 0.717) is 18.3 Å². The van der Waals surface area contributed by atoms with Crippen LogP contribution in [0.3, 0.4) is 0 Å². The van der Waals surface area contributed by atoms with E-state index >= 15 is 0 Å². The summed E-state index contributed by atoms with van der Waals surface area (Å²) < 4.78 is 6.78. The molecule has 2 bridgehead atoms. The predicted molar refractivity (Wildman–Crippen MR) is 73.1 cm³/mol. The maximum absolute atomic E-state index is 12.0. The van der Waals surface area contributed by atoms with Crippen molar-refractivity contribution in [2.24, 2.45) is 7.05 Å².